The van der Waals surface area contributed by atoms with Crippen molar-refractivity contribution in [1.29, 1.82) is 5.26 Å². The van der Waals surface area contributed by atoms with Gasteiger partial charge in [0.25, 0.3) is 0 Å². The molecule has 1 amide bonds. The normalized spacial score (nSPS) is 21.9. The first kappa shape index (κ1) is 24.3. The Hall–Kier alpha value is -3.86. The molecule has 1 aliphatic carbocycles. The molecule has 3 atom stereocenters. The zero-order valence-electron chi connectivity index (χ0n) is 19.8. The van der Waals surface area contributed by atoms with Gasteiger partial charge >= 0.3 is 11.9 Å². The number of benzene rings is 2. The second-order valence-corrected chi connectivity index (χ2v) is 9.05. The molecule has 1 saturated carbocycles. The lowest BCUT2D eigenvalue weighted by atomic mass is 9.85. The van der Waals surface area contributed by atoms with Gasteiger partial charge in [-0.3, -0.25) is 9.59 Å². The van der Waals surface area contributed by atoms with Gasteiger partial charge in [-0.25, -0.2) is 4.79 Å². The molecule has 0 bridgehead atoms. The summed E-state index contributed by atoms with van der Waals surface area (Å²) in [6.07, 6.45) is 1.99. The fraction of sp³-hybridized carbons (Fsp3) is 0.407. The van der Waals surface area contributed by atoms with E-state index in [1.54, 1.807) is 37.3 Å². The Morgan fingerprint density at radius 2 is 2.06 bits per heavy atom. The number of esters is 1. The topological polar surface area (TPSA) is 126 Å². The van der Waals surface area contributed by atoms with Crippen LogP contribution in [0.15, 0.2) is 36.4 Å². The van der Waals surface area contributed by atoms with Gasteiger partial charge in [0, 0.05) is 23.1 Å². The molecule has 2 N–H and O–H groups in total. The van der Waals surface area contributed by atoms with E-state index in [0.717, 1.165) is 11.1 Å². The van der Waals surface area contributed by atoms with Crippen molar-refractivity contribution in [1.82, 2.24) is 0 Å². The lowest BCUT2D eigenvalue weighted by molar-refractivity contribution is -0.143. The number of carbonyl (C=O) groups is 3. The number of aromatic carboxylic acids is 1. The molecule has 2 aliphatic rings. The van der Waals surface area contributed by atoms with Crippen molar-refractivity contribution in [2.45, 2.75) is 44.9 Å². The van der Waals surface area contributed by atoms with Crippen LogP contribution in [-0.2, 0) is 26.2 Å². The highest BCUT2D eigenvalue weighted by Gasteiger charge is 2.67. The number of nitrogens with zero attached hydrogens (tertiary/aromatic N) is 1. The van der Waals surface area contributed by atoms with E-state index >= 15 is 0 Å². The molecule has 0 saturated heterocycles. The molecule has 1 fully saturated rings. The number of carboxylic acids is 1. The number of carboxylic acid groups (broad SMARTS) is 1. The van der Waals surface area contributed by atoms with E-state index in [1.165, 1.54) is 6.07 Å². The minimum atomic E-state index is -1.02. The zero-order valence-corrected chi connectivity index (χ0v) is 19.8. The van der Waals surface area contributed by atoms with Crippen molar-refractivity contribution in [3.8, 4) is 11.8 Å². The molecule has 2 aromatic carbocycles. The highest BCUT2D eigenvalue weighted by atomic mass is 16.5. The summed E-state index contributed by atoms with van der Waals surface area (Å²) in [5, 5.41) is 21.8. The second kappa shape index (κ2) is 9.79. The van der Waals surface area contributed by atoms with Gasteiger partial charge in [-0.2, -0.15) is 5.26 Å². The highest BCUT2D eigenvalue weighted by molar-refractivity contribution is 5.98. The predicted octanol–water partition coefficient (Wildman–Crippen LogP) is 4.07. The molecular formula is C27H28N2O6. The summed E-state index contributed by atoms with van der Waals surface area (Å²) in [5.74, 6) is -1.20. The molecular weight excluding hydrogens is 448 g/mol. The number of aryl methyl sites for hydroxylation is 1. The number of amides is 1. The minimum Gasteiger partial charge on any atom is -0.493 e. The molecule has 1 aliphatic heterocycles. The Morgan fingerprint density at radius 3 is 2.77 bits per heavy atom. The maximum absolute atomic E-state index is 13.5. The Balaban J connectivity index is 1.55. The van der Waals surface area contributed by atoms with E-state index in [2.05, 4.69) is 11.4 Å². The Kier molecular flexibility index (Phi) is 6.79. The highest BCUT2D eigenvalue weighted by Crippen LogP contribution is 2.65. The lowest BCUT2D eigenvalue weighted by Crippen LogP contribution is -2.27. The third-order valence-electron chi connectivity index (χ3n) is 7.17. The zero-order chi connectivity index (χ0) is 25.2. The largest absolute Gasteiger partial charge is 0.493 e. The van der Waals surface area contributed by atoms with E-state index in [-0.39, 0.29) is 35.7 Å². The van der Waals surface area contributed by atoms with Crippen LogP contribution in [0.2, 0.25) is 0 Å². The third kappa shape index (κ3) is 4.59. The Labute approximate surface area is 203 Å². The average molecular weight is 477 g/mol. The SMILES string of the molecule is CCOC(=O)CCCc1ccc(C#N)cc1NC(=O)C1C(C)[C@]12CCOc1ccc(C(=O)O)cc12. The van der Waals surface area contributed by atoms with Gasteiger partial charge in [0.15, 0.2) is 0 Å². The standard InChI is InChI=1S/C27H28N2O6/c1-3-34-23(30)6-4-5-18-8-7-17(15-28)13-21(18)29-25(31)24-16(2)27(24)11-12-35-22-10-9-19(26(32)33)14-20(22)27/h7-10,13-14,16,24H,3-6,11-12H2,1-2H3,(H,29,31)(H,32,33)/t16?,24?,27-/m0/s1. The maximum Gasteiger partial charge on any atom is 0.335 e. The van der Waals surface area contributed by atoms with Crippen LogP contribution in [0.4, 0.5) is 5.69 Å². The number of nitrogens with one attached hydrogen (secondary N) is 1. The Bertz CT molecular complexity index is 1220. The summed E-state index contributed by atoms with van der Waals surface area (Å²) >= 11 is 0. The lowest BCUT2D eigenvalue weighted by Gasteiger charge is -2.28. The number of rotatable bonds is 8. The maximum atomic E-state index is 13.5. The average Bonchev–Trinajstić information content (AvgIpc) is 3.43. The molecule has 182 valence electrons. The number of ether oxygens (including phenoxy) is 2. The molecule has 8 nitrogen and oxygen atoms in total. The van der Waals surface area contributed by atoms with Crippen molar-refractivity contribution < 1.29 is 29.0 Å². The van der Waals surface area contributed by atoms with E-state index in [9.17, 15) is 24.8 Å². The van der Waals surface area contributed by atoms with Gasteiger partial charge < -0.3 is 19.9 Å². The monoisotopic (exact) mass is 476 g/mol. The van der Waals surface area contributed by atoms with E-state index in [0.29, 0.717) is 49.5 Å². The summed E-state index contributed by atoms with van der Waals surface area (Å²) in [6.45, 7) is 4.55. The number of carbonyl (C=O) groups excluding carboxylic acids is 2. The molecule has 2 unspecified atom stereocenters. The van der Waals surface area contributed by atoms with Crippen LogP contribution in [0, 0.1) is 23.2 Å². The van der Waals surface area contributed by atoms with Crippen LogP contribution in [0.25, 0.3) is 0 Å². The van der Waals surface area contributed by atoms with Crippen molar-refractivity contribution >= 4 is 23.5 Å². The van der Waals surface area contributed by atoms with Crippen molar-refractivity contribution in [2.75, 3.05) is 18.5 Å². The number of fused-ring (bicyclic) bond motifs is 2. The number of hydrogen-bond donors (Lipinski definition) is 2. The molecule has 0 radical (unpaired) electrons. The second-order valence-electron chi connectivity index (χ2n) is 9.05. The van der Waals surface area contributed by atoms with E-state index in [4.69, 9.17) is 9.47 Å². The van der Waals surface area contributed by atoms with Gasteiger partial charge in [0.2, 0.25) is 5.91 Å². The quantitative estimate of drug-likeness (QED) is 0.550. The third-order valence-corrected chi connectivity index (χ3v) is 7.17. The molecule has 1 spiro atoms. The first-order valence-electron chi connectivity index (χ1n) is 11.8. The summed E-state index contributed by atoms with van der Waals surface area (Å²) < 4.78 is 10.7. The van der Waals surface area contributed by atoms with Gasteiger partial charge in [-0.05, 0) is 68.0 Å². The molecule has 0 aromatic heterocycles. The van der Waals surface area contributed by atoms with Gasteiger partial charge in [0.05, 0.1) is 36.3 Å². The first-order valence-corrected chi connectivity index (χ1v) is 11.8. The summed E-state index contributed by atoms with van der Waals surface area (Å²) in [4.78, 5) is 36.7. The van der Waals surface area contributed by atoms with Crippen LogP contribution in [0.3, 0.4) is 0 Å². The smallest absolute Gasteiger partial charge is 0.335 e. The number of anilines is 1. The van der Waals surface area contributed by atoms with Crippen LogP contribution in [0.5, 0.6) is 5.75 Å². The van der Waals surface area contributed by atoms with Gasteiger partial charge in [-0.15, -0.1) is 0 Å². The summed E-state index contributed by atoms with van der Waals surface area (Å²) in [5.41, 5.74) is 2.26. The predicted molar refractivity (Wildman–Crippen MR) is 127 cm³/mol. The molecule has 4 rings (SSSR count). The summed E-state index contributed by atoms with van der Waals surface area (Å²) in [7, 11) is 0. The van der Waals surface area contributed by atoms with E-state index < -0.39 is 11.4 Å². The van der Waals surface area contributed by atoms with Gasteiger partial charge in [0.1, 0.15) is 5.75 Å². The number of nitriles is 1. The van der Waals surface area contributed by atoms with Crippen LogP contribution in [-0.4, -0.2) is 36.2 Å². The first-order chi connectivity index (χ1) is 16.8. The molecule has 2 aromatic rings. The fourth-order valence-corrected chi connectivity index (χ4v) is 5.35. The minimum absolute atomic E-state index is 0.000563. The van der Waals surface area contributed by atoms with Gasteiger partial charge in [-0.1, -0.05) is 13.0 Å². The van der Waals surface area contributed by atoms with Crippen molar-refractivity contribution in [3.05, 3.63) is 58.7 Å². The van der Waals surface area contributed by atoms with Crippen LogP contribution >= 0.6 is 0 Å². The molecule has 1 heterocycles. The van der Waals surface area contributed by atoms with Crippen molar-refractivity contribution in [3.63, 3.8) is 0 Å². The molecule has 35 heavy (non-hydrogen) atoms. The van der Waals surface area contributed by atoms with Crippen LogP contribution in [0.1, 0.15) is 60.2 Å². The van der Waals surface area contributed by atoms with E-state index in [1.807, 2.05) is 6.92 Å². The number of hydrogen-bond acceptors (Lipinski definition) is 6. The van der Waals surface area contributed by atoms with Crippen molar-refractivity contribution in [2.24, 2.45) is 11.8 Å². The van der Waals surface area contributed by atoms with Crippen LogP contribution < -0.4 is 10.1 Å². The summed E-state index contributed by atoms with van der Waals surface area (Å²) in [6, 6.07) is 12.0. The molecule has 8 heteroatoms. The Morgan fingerprint density at radius 1 is 1.26 bits per heavy atom. The fourth-order valence-electron chi connectivity index (χ4n) is 5.35.